The Bertz CT molecular complexity index is 504. The van der Waals surface area contributed by atoms with E-state index in [-0.39, 0.29) is 23.9 Å². The summed E-state index contributed by atoms with van der Waals surface area (Å²) < 4.78 is 0. The molecule has 0 bridgehead atoms. The average molecular weight is 304 g/mol. The van der Waals surface area contributed by atoms with E-state index in [1.807, 2.05) is 37.3 Å². The first-order valence-corrected chi connectivity index (χ1v) is 8.08. The van der Waals surface area contributed by atoms with Gasteiger partial charge in [0, 0.05) is 0 Å². The monoisotopic (exact) mass is 304 g/mol. The lowest BCUT2D eigenvalue weighted by molar-refractivity contribution is -0.907. The van der Waals surface area contributed by atoms with E-state index in [4.69, 9.17) is 0 Å². The van der Waals surface area contributed by atoms with Crippen molar-refractivity contribution in [2.75, 3.05) is 19.6 Å². The van der Waals surface area contributed by atoms with Crippen LogP contribution in [0.25, 0.3) is 0 Å². The van der Waals surface area contributed by atoms with Crippen molar-refractivity contribution in [3.05, 3.63) is 35.9 Å². The Balaban J connectivity index is 1.99. The zero-order chi connectivity index (χ0) is 15.9. The van der Waals surface area contributed by atoms with Crippen molar-refractivity contribution in [2.45, 2.75) is 38.8 Å². The van der Waals surface area contributed by atoms with Crippen molar-refractivity contribution in [3.63, 3.8) is 0 Å². The molecule has 120 valence electrons. The summed E-state index contributed by atoms with van der Waals surface area (Å²) in [5.74, 6) is 0.0427. The summed E-state index contributed by atoms with van der Waals surface area (Å²) in [6.45, 7) is 5.83. The first-order chi connectivity index (χ1) is 10.6. The number of rotatable bonds is 6. The summed E-state index contributed by atoms with van der Waals surface area (Å²) in [7, 11) is 0. The van der Waals surface area contributed by atoms with E-state index >= 15 is 0 Å². The topological polar surface area (TPSA) is 62.6 Å². The van der Waals surface area contributed by atoms with Crippen LogP contribution in [0.1, 0.15) is 38.3 Å². The van der Waals surface area contributed by atoms with Gasteiger partial charge in [0.15, 0.2) is 12.6 Å². The standard InChI is InChI=1S/C17H25N3O2/c1-3-7-15(14-8-5-4-6-9-14)19-17(22)13(2)20-11-10-18-16(21)12-20/h4-6,8-9,13,15H,3,7,10-12H2,1-2H3,(H,18,21)(H,19,22)/p+1/t13-,15-/m1/s1. The van der Waals surface area contributed by atoms with Gasteiger partial charge in [-0.1, -0.05) is 43.7 Å². The van der Waals surface area contributed by atoms with Crippen molar-refractivity contribution in [1.29, 1.82) is 0 Å². The molecular formula is C17H26N3O2+. The van der Waals surface area contributed by atoms with Crippen LogP contribution in [-0.4, -0.2) is 37.5 Å². The molecule has 0 spiro atoms. The molecule has 1 aromatic rings. The lowest BCUT2D eigenvalue weighted by Gasteiger charge is -2.29. The summed E-state index contributed by atoms with van der Waals surface area (Å²) >= 11 is 0. The Labute approximate surface area is 132 Å². The summed E-state index contributed by atoms with van der Waals surface area (Å²) in [5.41, 5.74) is 1.14. The Morgan fingerprint density at radius 2 is 2.09 bits per heavy atom. The first kappa shape index (κ1) is 16.5. The molecule has 22 heavy (non-hydrogen) atoms. The lowest BCUT2D eigenvalue weighted by atomic mass is 10.0. The van der Waals surface area contributed by atoms with Gasteiger partial charge in [-0.3, -0.25) is 9.59 Å². The van der Waals surface area contributed by atoms with Gasteiger partial charge in [0.25, 0.3) is 11.8 Å². The molecule has 1 aliphatic rings. The number of carbonyl (C=O) groups is 2. The SMILES string of the molecule is CCC[C@@H](NC(=O)[C@@H](C)[NH+]1CCNC(=O)C1)c1ccccc1. The van der Waals surface area contributed by atoms with Crippen LogP contribution in [0.3, 0.4) is 0 Å². The fraction of sp³-hybridized carbons (Fsp3) is 0.529. The molecule has 2 rings (SSSR count). The zero-order valence-corrected chi connectivity index (χ0v) is 13.4. The molecule has 2 amide bonds. The smallest absolute Gasteiger partial charge is 0.278 e. The molecule has 1 aliphatic heterocycles. The average Bonchev–Trinajstić information content (AvgIpc) is 2.54. The van der Waals surface area contributed by atoms with E-state index < -0.39 is 0 Å². The fourth-order valence-corrected chi connectivity index (χ4v) is 2.87. The van der Waals surface area contributed by atoms with Crippen LogP contribution in [0.15, 0.2) is 30.3 Å². The van der Waals surface area contributed by atoms with Gasteiger partial charge in [-0.15, -0.1) is 0 Å². The highest BCUT2D eigenvalue weighted by Crippen LogP contribution is 2.17. The molecule has 3 N–H and O–H groups in total. The van der Waals surface area contributed by atoms with Gasteiger partial charge in [0.2, 0.25) is 0 Å². The van der Waals surface area contributed by atoms with Crippen LogP contribution in [0.5, 0.6) is 0 Å². The minimum Gasteiger partial charge on any atom is -0.346 e. The van der Waals surface area contributed by atoms with Gasteiger partial charge in [0.1, 0.15) is 0 Å². The predicted octanol–water partition coefficient (Wildman–Crippen LogP) is 0.0472. The number of hydrogen-bond acceptors (Lipinski definition) is 2. The van der Waals surface area contributed by atoms with Crippen LogP contribution in [0.4, 0.5) is 0 Å². The van der Waals surface area contributed by atoms with Gasteiger partial charge in [-0.05, 0) is 18.9 Å². The molecule has 1 aromatic carbocycles. The second-order valence-corrected chi connectivity index (χ2v) is 5.92. The molecule has 0 saturated carbocycles. The minimum atomic E-state index is -0.214. The second-order valence-electron chi connectivity index (χ2n) is 5.92. The number of nitrogens with one attached hydrogen (secondary N) is 3. The maximum atomic E-state index is 12.5. The number of amides is 2. The summed E-state index contributed by atoms with van der Waals surface area (Å²) in [6.07, 6.45) is 1.92. The quantitative estimate of drug-likeness (QED) is 0.695. The number of piperazine rings is 1. The third kappa shape index (κ3) is 4.31. The maximum absolute atomic E-state index is 12.5. The van der Waals surface area contributed by atoms with Crippen LogP contribution >= 0.6 is 0 Å². The largest absolute Gasteiger partial charge is 0.346 e. The molecule has 3 atom stereocenters. The lowest BCUT2D eigenvalue weighted by Crippen LogP contribution is -3.19. The Hall–Kier alpha value is -1.88. The molecule has 0 aliphatic carbocycles. The van der Waals surface area contributed by atoms with Crippen LogP contribution < -0.4 is 15.5 Å². The molecule has 1 saturated heterocycles. The van der Waals surface area contributed by atoms with Gasteiger partial charge in [0.05, 0.1) is 19.1 Å². The fourth-order valence-electron chi connectivity index (χ4n) is 2.87. The Morgan fingerprint density at radius 3 is 2.73 bits per heavy atom. The van der Waals surface area contributed by atoms with Crippen LogP contribution in [-0.2, 0) is 9.59 Å². The summed E-state index contributed by atoms with van der Waals surface area (Å²) in [6, 6.07) is 9.89. The second kappa shape index (κ2) is 7.94. The summed E-state index contributed by atoms with van der Waals surface area (Å²) in [4.78, 5) is 25.1. The van der Waals surface area contributed by atoms with E-state index in [0.29, 0.717) is 13.1 Å². The van der Waals surface area contributed by atoms with Crippen molar-refractivity contribution >= 4 is 11.8 Å². The molecule has 1 heterocycles. The molecule has 1 fully saturated rings. The van der Waals surface area contributed by atoms with Gasteiger partial charge >= 0.3 is 0 Å². The van der Waals surface area contributed by atoms with E-state index in [2.05, 4.69) is 17.6 Å². The van der Waals surface area contributed by atoms with Gasteiger partial charge in [-0.2, -0.15) is 0 Å². The normalized spacial score (nSPS) is 20.8. The highest BCUT2D eigenvalue weighted by Gasteiger charge is 2.30. The van der Waals surface area contributed by atoms with E-state index in [0.717, 1.165) is 29.8 Å². The highest BCUT2D eigenvalue weighted by molar-refractivity contribution is 5.81. The predicted molar refractivity (Wildman–Crippen MR) is 85.4 cm³/mol. The number of quaternary nitrogens is 1. The van der Waals surface area contributed by atoms with Gasteiger partial charge < -0.3 is 15.5 Å². The minimum absolute atomic E-state index is 0.0204. The van der Waals surface area contributed by atoms with Crippen molar-refractivity contribution in [3.8, 4) is 0 Å². The number of benzene rings is 1. The van der Waals surface area contributed by atoms with Crippen LogP contribution in [0, 0.1) is 0 Å². The number of carbonyl (C=O) groups excluding carboxylic acids is 2. The molecule has 5 nitrogen and oxygen atoms in total. The van der Waals surface area contributed by atoms with Crippen molar-refractivity contribution in [2.24, 2.45) is 0 Å². The Morgan fingerprint density at radius 1 is 1.36 bits per heavy atom. The maximum Gasteiger partial charge on any atom is 0.278 e. The van der Waals surface area contributed by atoms with Gasteiger partial charge in [-0.25, -0.2) is 0 Å². The summed E-state index contributed by atoms with van der Waals surface area (Å²) in [5, 5.41) is 5.96. The molecule has 0 radical (unpaired) electrons. The highest BCUT2D eigenvalue weighted by atomic mass is 16.2. The molecule has 0 aromatic heterocycles. The van der Waals surface area contributed by atoms with Crippen LogP contribution in [0.2, 0.25) is 0 Å². The Kier molecular flexibility index (Phi) is 5.95. The van der Waals surface area contributed by atoms with E-state index in [1.54, 1.807) is 0 Å². The third-order valence-electron chi connectivity index (χ3n) is 4.26. The van der Waals surface area contributed by atoms with E-state index in [1.165, 1.54) is 0 Å². The third-order valence-corrected chi connectivity index (χ3v) is 4.26. The van der Waals surface area contributed by atoms with Crippen molar-refractivity contribution < 1.29 is 14.5 Å². The number of hydrogen-bond donors (Lipinski definition) is 3. The molecule has 1 unspecified atom stereocenters. The molecule has 5 heteroatoms. The van der Waals surface area contributed by atoms with Crippen molar-refractivity contribution in [1.82, 2.24) is 10.6 Å². The van der Waals surface area contributed by atoms with E-state index in [9.17, 15) is 9.59 Å². The zero-order valence-electron chi connectivity index (χ0n) is 13.4. The molecular weight excluding hydrogens is 278 g/mol. The first-order valence-electron chi connectivity index (χ1n) is 8.08.